The molecule has 2 unspecified atom stereocenters. The number of rotatable bonds is 9. The third kappa shape index (κ3) is 6.71. The minimum Gasteiger partial charge on any atom is -0.463 e. The molecular weight excluding hydrogens is 389 g/mol. The van der Waals surface area contributed by atoms with E-state index >= 15 is 0 Å². The lowest BCUT2D eigenvalue weighted by Crippen LogP contribution is -2.27. The van der Waals surface area contributed by atoms with Gasteiger partial charge in [-0.3, -0.25) is 5.32 Å². The number of ether oxygens (including phenoxy) is 2. The molecule has 0 radical (unpaired) electrons. The molecule has 0 bridgehead atoms. The van der Waals surface area contributed by atoms with E-state index in [9.17, 15) is 9.36 Å². The van der Waals surface area contributed by atoms with Crippen molar-refractivity contribution < 1.29 is 23.4 Å². The lowest BCUT2D eigenvalue weighted by molar-refractivity contribution is 0.121. The van der Waals surface area contributed by atoms with Crippen molar-refractivity contribution in [2.75, 3.05) is 6.79 Å². The van der Waals surface area contributed by atoms with Gasteiger partial charge in [0, 0.05) is 5.56 Å². The third-order valence-corrected chi connectivity index (χ3v) is 5.15. The Morgan fingerprint density at radius 2 is 1.45 bits per heavy atom. The summed E-state index contributed by atoms with van der Waals surface area (Å²) < 4.78 is 28.7. The zero-order valence-corrected chi connectivity index (χ0v) is 16.5. The molecule has 7 heteroatoms. The highest BCUT2D eigenvalue weighted by atomic mass is 31.1. The number of benzene rings is 3. The van der Waals surface area contributed by atoms with Gasteiger partial charge in [-0.25, -0.2) is 4.79 Å². The highest BCUT2D eigenvalue weighted by Gasteiger charge is 2.37. The maximum absolute atomic E-state index is 12.7. The Kier molecular flexibility index (Phi) is 7.75. The summed E-state index contributed by atoms with van der Waals surface area (Å²) in [5.41, 5.74) is 1.50. The number of carbonyl (C=O) groups is 1. The van der Waals surface area contributed by atoms with Crippen LogP contribution in [0.2, 0.25) is 0 Å². The average molecular weight is 410 g/mol. The van der Waals surface area contributed by atoms with Gasteiger partial charge in [-0.05, 0) is 22.3 Å². The molecule has 0 spiro atoms. The van der Waals surface area contributed by atoms with E-state index in [0.717, 1.165) is 5.56 Å². The molecule has 1 amide bonds. The number of hydrogen-bond donors (Lipinski definition) is 1. The summed E-state index contributed by atoms with van der Waals surface area (Å²) in [6, 6.07) is 27.3. The Labute approximate surface area is 170 Å². The van der Waals surface area contributed by atoms with Gasteiger partial charge in [0.15, 0.2) is 0 Å². The molecular formula is C22H21NO5P+. The monoisotopic (exact) mass is 410 g/mol. The van der Waals surface area contributed by atoms with Crippen LogP contribution >= 0.6 is 8.03 Å². The number of alkyl carbamates (subject to hydrolysis) is 1. The van der Waals surface area contributed by atoms with Crippen LogP contribution in [0.4, 0.5) is 4.79 Å². The van der Waals surface area contributed by atoms with Crippen LogP contribution in [-0.4, -0.2) is 12.9 Å². The van der Waals surface area contributed by atoms with Gasteiger partial charge in [0.25, 0.3) is 5.78 Å². The molecule has 0 aliphatic carbocycles. The van der Waals surface area contributed by atoms with Gasteiger partial charge >= 0.3 is 14.1 Å². The fourth-order valence-electron chi connectivity index (χ4n) is 2.51. The molecule has 0 saturated carbocycles. The van der Waals surface area contributed by atoms with Gasteiger partial charge < -0.3 is 9.47 Å². The first-order valence-electron chi connectivity index (χ1n) is 9.01. The standard InChI is InChI=1S/C22H20NO5P/c24-22(26-16-18-10-4-1-5-11-18)23-21(19-12-6-2-7-13-19)29(25)28-17-27-20-14-8-3-9-15-20/h1-15,21H,16-17H2/p+1. The fraction of sp³-hybridized carbons (Fsp3) is 0.136. The molecule has 0 aromatic heterocycles. The van der Waals surface area contributed by atoms with E-state index < -0.39 is 19.9 Å². The first-order chi connectivity index (χ1) is 14.2. The summed E-state index contributed by atoms with van der Waals surface area (Å²) in [5.74, 6) is -0.267. The number of para-hydroxylation sites is 1. The molecule has 6 nitrogen and oxygen atoms in total. The van der Waals surface area contributed by atoms with Crippen LogP contribution in [0.15, 0.2) is 91.0 Å². The molecule has 3 aromatic carbocycles. The SMILES string of the molecule is O=C(NC(c1ccccc1)[P+](=O)OCOc1ccccc1)OCc1ccccc1. The first kappa shape index (κ1) is 20.5. The second-order valence-corrected chi connectivity index (χ2v) is 7.35. The Bertz CT molecular complexity index is 906. The van der Waals surface area contributed by atoms with Gasteiger partial charge in [0.05, 0.1) is 0 Å². The molecule has 0 fully saturated rings. The average Bonchev–Trinajstić information content (AvgIpc) is 2.78. The van der Waals surface area contributed by atoms with Crippen LogP contribution in [0, 0.1) is 0 Å². The Balaban J connectivity index is 1.58. The van der Waals surface area contributed by atoms with Crippen LogP contribution in [0.5, 0.6) is 5.75 Å². The number of nitrogens with one attached hydrogen (secondary N) is 1. The number of carbonyl (C=O) groups excluding carboxylic acids is 1. The van der Waals surface area contributed by atoms with Crippen molar-refractivity contribution in [3.63, 3.8) is 0 Å². The molecule has 3 rings (SSSR count). The van der Waals surface area contributed by atoms with E-state index in [2.05, 4.69) is 5.32 Å². The molecule has 1 N–H and O–H groups in total. The predicted molar refractivity (Wildman–Crippen MR) is 110 cm³/mol. The summed E-state index contributed by atoms with van der Waals surface area (Å²) in [6.07, 6.45) is -0.682. The molecule has 0 aliphatic rings. The number of hydrogen-bond acceptors (Lipinski definition) is 5. The molecule has 3 aromatic rings. The van der Waals surface area contributed by atoms with E-state index in [-0.39, 0.29) is 13.4 Å². The van der Waals surface area contributed by atoms with E-state index in [1.807, 2.05) is 54.6 Å². The summed E-state index contributed by atoms with van der Waals surface area (Å²) in [5, 5.41) is 2.63. The van der Waals surface area contributed by atoms with E-state index in [4.69, 9.17) is 14.0 Å². The lowest BCUT2D eigenvalue weighted by atomic mass is 10.2. The largest absolute Gasteiger partial charge is 0.542 e. The minimum absolute atomic E-state index is 0.114. The second kappa shape index (κ2) is 11.0. The molecule has 29 heavy (non-hydrogen) atoms. The maximum Gasteiger partial charge on any atom is 0.542 e. The third-order valence-electron chi connectivity index (χ3n) is 3.94. The Hall–Kier alpha value is -3.21. The van der Waals surface area contributed by atoms with Crippen LogP contribution in [0.3, 0.4) is 0 Å². The Morgan fingerprint density at radius 1 is 0.862 bits per heavy atom. The van der Waals surface area contributed by atoms with Crippen LogP contribution in [0.25, 0.3) is 0 Å². The van der Waals surface area contributed by atoms with E-state index in [1.54, 1.807) is 36.4 Å². The number of amides is 1. The molecule has 148 valence electrons. The molecule has 0 aliphatic heterocycles. The van der Waals surface area contributed by atoms with Crippen molar-refractivity contribution in [3.05, 3.63) is 102 Å². The fourth-order valence-corrected chi connectivity index (χ4v) is 3.44. The van der Waals surface area contributed by atoms with E-state index in [0.29, 0.717) is 11.3 Å². The topological polar surface area (TPSA) is 73.9 Å². The van der Waals surface area contributed by atoms with Crippen molar-refractivity contribution in [2.45, 2.75) is 12.4 Å². The van der Waals surface area contributed by atoms with Gasteiger partial charge in [-0.1, -0.05) is 78.9 Å². The van der Waals surface area contributed by atoms with Crippen molar-refractivity contribution in [3.8, 4) is 5.75 Å². The van der Waals surface area contributed by atoms with Crippen molar-refractivity contribution in [2.24, 2.45) is 0 Å². The van der Waals surface area contributed by atoms with Crippen LogP contribution in [0.1, 0.15) is 16.9 Å². The summed E-state index contributed by atoms with van der Waals surface area (Å²) in [7, 11) is -2.30. The van der Waals surface area contributed by atoms with Crippen LogP contribution in [-0.2, 0) is 20.4 Å². The van der Waals surface area contributed by atoms with Crippen molar-refractivity contribution in [1.82, 2.24) is 5.32 Å². The van der Waals surface area contributed by atoms with Gasteiger partial charge in [0.2, 0.25) is 6.79 Å². The molecule has 0 heterocycles. The lowest BCUT2D eigenvalue weighted by Gasteiger charge is -2.11. The Morgan fingerprint density at radius 3 is 2.10 bits per heavy atom. The molecule has 0 saturated heterocycles. The van der Waals surface area contributed by atoms with Crippen LogP contribution < -0.4 is 10.1 Å². The van der Waals surface area contributed by atoms with Crippen molar-refractivity contribution in [1.29, 1.82) is 0 Å². The van der Waals surface area contributed by atoms with Gasteiger partial charge in [0.1, 0.15) is 12.4 Å². The normalized spacial score (nSPS) is 11.9. The maximum atomic E-state index is 12.7. The summed E-state index contributed by atoms with van der Waals surface area (Å²) in [4.78, 5) is 12.3. The van der Waals surface area contributed by atoms with Gasteiger partial charge in [-0.15, -0.1) is 4.52 Å². The first-order valence-corrected chi connectivity index (χ1v) is 10.3. The zero-order valence-electron chi connectivity index (χ0n) is 15.6. The van der Waals surface area contributed by atoms with E-state index in [1.165, 1.54) is 0 Å². The molecule has 2 atom stereocenters. The zero-order chi connectivity index (χ0) is 20.3. The summed E-state index contributed by atoms with van der Waals surface area (Å²) >= 11 is 0. The quantitative estimate of drug-likeness (QED) is 0.377. The highest BCUT2D eigenvalue weighted by molar-refractivity contribution is 7.39. The highest BCUT2D eigenvalue weighted by Crippen LogP contribution is 2.40. The summed E-state index contributed by atoms with van der Waals surface area (Å²) in [6.45, 7) is -0.0910. The van der Waals surface area contributed by atoms with Crippen molar-refractivity contribution >= 4 is 14.1 Å². The van der Waals surface area contributed by atoms with Gasteiger partial charge in [-0.2, -0.15) is 0 Å². The minimum atomic E-state index is -2.30. The second-order valence-electron chi connectivity index (χ2n) is 6.01. The predicted octanol–water partition coefficient (Wildman–Crippen LogP) is 5.41. The smallest absolute Gasteiger partial charge is 0.463 e.